The summed E-state index contributed by atoms with van der Waals surface area (Å²) in [5, 5.41) is 4.84. The summed E-state index contributed by atoms with van der Waals surface area (Å²) in [7, 11) is 0. The van der Waals surface area contributed by atoms with Gasteiger partial charge in [-0.3, -0.25) is 4.79 Å². The number of rotatable bonds is 5. The molecule has 0 heterocycles. The number of nitrogens with zero attached hydrogens (tertiary/aromatic N) is 1. The number of carbonyl (C=O) groups is 1. The normalized spacial score (nSPS) is 12.3. The van der Waals surface area contributed by atoms with E-state index in [2.05, 4.69) is 31.3 Å². The molecule has 0 radical (unpaired) electrons. The van der Waals surface area contributed by atoms with Crippen LogP contribution < -0.4 is 5.43 Å². The first kappa shape index (κ1) is 17.1. The van der Waals surface area contributed by atoms with Crippen molar-refractivity contribution in [2.24, 2.45) is 10.5 Å². The lowest BCUT2D eigenvalue weighted by molar-refractivity contribution is -0.118. The zero-order chi connectivity index (χ0) is 15.2. The van der Waals surface area contributed by atoms with Crippen LogP contribution in [0.3, 0.4) is 0 Å². The minimum absolute atomic E-state index is 0.0241. The van der Waals surface area contributed by atoms with Crippen molar-refractivity contribution in [3.8, 4) is 0 Å². The molecule has 1 N–H and O–H groups in total. The summed E-state index contributed by atoms with van der Waals surface area (Å²) in [6.45, 7) is 8.11. The molecule has 0 aromatic heterocycles. The Labute approximate surface area is 130 Å². The first-order valence-electron chi connectivity index (χ1n) is 6.45. The molecule has 0 fully saturated rings. The van der Waals surface area contributed by atoms with Crippen molar-refractivity contribution in [1.29, 1.82) is 0 Å². The molecule has 3 nitrogen and oxygen atoms in total. The second kappa shape index (κ2) is 7.70. The van der Waals surface area contributed by atoms with Gasteiger partial charge < -0.3 is 0 Å². The maximum atomic E-state index is 11.7. The van der Waals surface area contributed by atoms with Gasteiger partial charge in [-0.25, -0.2) is 5.43 Å². The third-order valence-corrected chi connectivity index (χ3v) is 4.10. The fourth-order valence-electron chi connectivity index (χ4n) is 1.19. The van der Waals surface area contributed by atoms with Gasteiger partial charge in [0.2, 0.25) is 5.91 Å². The van der Waals surface area contributed by atoms with Crippen LogP contribution in [0.1, 0.15) is 33.3 Å². The van der Waals surface area contributed by atoms with E-state index in [1.165, 1.54) is 0 Å². The highest BCUT2D eigenvalue weighted by Gasteiger charge is 2.14. The Morgan fingerprint density at radius 2 is 1.90 bits per heavy atom. The van der Waals surface area contributed by atoms with Crippen molar-refractivity contribution in [3.63, 3.8) is 0 Å². The van der Waals surface area contributed by atoms with E-state index in [1.54, 1.807) is 11.8 Å². The number of nitrogens with one attached hydrogen (secondary N) is 1. The highest BCUT2D eigenvalue weighted by Crippen LogP contribution is 2.16. The smallest absolute Gasteiger partial charge is 0.250 e. The number of hydrogen-bond donors (Lipinski definition) is 1. The molecule has 0 saturated heterocycles. The summed E-state index contributed by atoms with van der Waals surface area (Å²) in [5.74, 6) is 1.10. The molecule has 0 saturated carbocycles. The van der Waals surface area contributed by atoms with Crippen molar-refractivity contribution >= 4 is 35.0 Å². The Morgan fingerprint density at radius 3 is 2.45 bits per heavy atom. The Hall–Kier alpha value is -1.00. The first-order chi connectivity index (χ1) is 9.29. The van der Waals surface area contributed by atoms with Crippen LogP contribution in [0.2, 0.25) is 5.02 Å². The third kappa shape index (κ3) is 6.44. The van der Waals surface area contributed by atoms with E-state index >= 15 is 0 Å². The van der Waals surface area contributed by atoms with Gasteiger partial charge in [-0.1, -0.05) is 44.5 Å². The lowest BCUT2D eigenvalue weighted by Gasteiger charge is -2.17. The van der Waals surface area contributed by atoms with E-state index in [0.717, 1.165) is 22.1 Å². The molecule has 1 amide bonds. The fourth-order valence-corrected chi connectivity index (χ4v) is 2.09. The largest absolute Gasteiger partial charge is 0.272 e. The SMILES string of the molecule is C/C(=N/NC(=O)CSCc1ccc(Cl)cc1)C(C)(C)C. The number of carbonyl (C=O) groups excluding carboxylic acids is 1. The van der Waals surface area contributed by atoms with Crippen LogP contribution in [0.25, 0.3) is 0 Å². The van der Waals surface area contributed by atoms with Gasteiger partial charge >= 0.3 is 0 Å². The van der Waals surface area contributed by atoms with Crippen molar-refractivity contribution in [1.82, 2.24) is 5.43 Å². The highest BCUT2D eigenvalue weighted by molar-refractivity contribution is 7.99. The maximum Gasteiger partial charge on any atom is 0.250 e. The molecule has 0 bridgehead atoms. The zero-order valence-electron chi connectivity index (χ0n) is 12.4. The van der Waals surface area contributed by atoms with Crippen molar-refractivity contribution in [2.45, 2.75) is 33.4 Å². The molecular weight excluding hydrogens is 292 g/mol. The monoisotopic (exact) mass is 312 g/mol. The minimum Gasteiger partial charge on any atom is -0.272 e. The van der Waals surface area contributed by atoms with Gasteiger partial charge in [-0.2, -0.15) is 5.10 Å². The second-order valence-electron chi connectivity index (χ2n) is 5.60. The van der Waals surface area contributed by atoms with Crippen LogP contribution in [-0.2, 0) is 10.5 Å². The predicted octanol–water partition coefficient (Wildman–Crippen LogP) is 4.11. The van der Waals surface area contributed by atoms with E-state index in [9.17, 15) is 4.79 Å². The lowest BCUT2D eigenvalue weighted by atomic mass is 9.91. The number of hydrazone groups is 1. The molecule has 5 heteroatoms. The summed E-state index contributed by atoms with van der Waals surface area (Å²) in [4.78, 5) is 11.7. The third-order valence-electron chi connectivity index (χ3n) is 2.85. The van der Waals surface area contributed by atoms with Crippen molar-refractivity contribution in [3.05, 3.63) is 34.9 Å². The average Bonchev–Trinajstić information content (AvgIpc) is 2.37. The van der Waals surface area contributed by atoms with Crippen molar-refractivity contribution in [2.75, 3.05) is 5.75 Å². The Kier molecular flexibility index (Phi) is 6.56. The first-order valence-corrected chi connectivity index (χ1v) is 7.98. The predicted molar refractivity (Wildman–Crippen MR) is 88.3 cm³/mol. The Morgan fingerprint density at radius 1 is 1.30 bits per heavy atom. The second-order valence-corrected chi connectivity index (χ2v) is 7.02. The molecule has 0 aliphatic rings. The van der Waals surface area contributed by atoms with Crippen LogP contribution in [0.15, 0.2) is 29.4 Å². The van der Waals surface area contributed by atoms with E-state index in [-0.39, 0.29) is 11.3 Å². The molecule has 0 aliphatic carbocycles. The minimum atomic E-state index is -0.0763. The van der Waals surface area contributed by atoms with Crippen LogP contribution in [0.5, 0.6) is 0 Å². The Bertz CT molecular complexity index is 478. The maximum absolute atomic E-state index is 11.7. The van der Waals surface area contributed by atoms with Gasteiger partial charge in [0.05, 0.1) is 5.75 Å². The van der Waals surface area contributed by atoms with Crippen molar-refractivity contribution < 1.29 is 4.79 Å². The molecular formula is C15H21ClN2OS. The lowest BCUT2D eigenvalue weighted by Crippen LogP contribution is -2.25. The molecule has 20 heavy (non-hydrogen) atoms. The highest BCUT2D eigenvalue weighted by atomic mass is 35.5. The topological polar surface area (TPSA) is 41.5 Å². The molecule has 0 unspecified atom stereocenters. The quantitative estimate of drug-likeness (QED) is 0.656. The van der Waals surface area contributed by atoms with Gasteiger partial charge in [-0.15, -0.1) is 11.8 Å². The van der Waals surface area contributed by atoms with Gasteiger partial charge in [0, 0.05) is 21.9 Å². The van der Waals surface area contributed by atoms with Crippen LogP contribution in [0.4, 0.5) is 0 Å². The molecule has 0 aliphatic heterocycles. The fraction of sp³-hybridized carbons (Fsp3) is 0.467. The summed E-state index contributed by atoms with van der Waals surface area (Å²) in [5.41, 5.74) is 4.63. The van der Waals surface area contributed by atoms with E-state index in [1.807, 2.05) is 31.2 Å². The molecule has 1 aromatic rings. The molecule has 0 atom stereocenters. The van der Waals surface area contributed by atoms with Gasteiger partial charge in [0.25, 0.3) is 0 Å². The number of halogens is 1. The number of thioether (sulfide) groups is 1. The zero-order valence-corrected chi connectivity index (χ0v) is 13.9. The molecule has 110 valence electrons. The van der Waals surface area contributed by atoms with Crippen LogP contribution in [0, 0.1) is 5.41 Å². The number of hydrogen-bond acceptors (Lipinski definition) is 3. The van der Waals surface area contributed by atoms with E-state index < -0.39 is 0 Å². The summed E-state index contributed by atoms with van der Waals surface area (Å²) in [6.07, 6.45) is 0. The summed E-state index contributed by atoms with van der Waals surface area (Å²) < 4.78 is 0. The average molecular weight is 313 g/mol. The summed E-state index contributed by atoms with van der Waals surface area (Å²) >= 11 is 7.37. The number of benzene rings is 1. The molecule has 1 rings (SSSR count). The van der Waals surface area contributed by atoms with E-state index in [4.69, 9.17) is 11.6 Å². The molecule has 0 spiro atoms. The van der Waals surface area contributed by atoms with Crippen LogP contribution in [-0.4, -0.2) is 17.4 Å². The van der Waals surface area contributed by atoms with E-state index in [0.29, 0.717) is 5.75 Å². The van der Waals surface area contributed by atoms with Crippen LogP contribution >= 0.6 is 23.4 Å². The van der Waals surface area contributed by atoms with Gasteiger partial charge in [-0.05, 0) is 24.6 Å². The standard InChI is InChI=1S/C15H21ClN2OS/c1-11(15(2,3)4)17-18-14(19)10-20-9-12-5-7-13(16)8-6-12/h5-8H,9-10H2,1-4H3,(H,18,19)/b17-11-. The molecule has 1 aromatic carbocycles. The number of amides is 1. The van der Waals surface area contributed by atoms with Gasteiger partial charge in [0.15, 0.2) is 0 Å². The summed E-state index contributed by atoms with van der Waals surface area (Å²) in [6, 6.07) is 7.65. The Balaban J connectivity index is 2.32. The van der Waals surface area contributed by atoms with Gasteiger partial charge in [0.1, 0.15) is 0 Å².